The quantitative estimate of drug-likeness (QED) is 0.562. The summed E-state index contributed by atoms with van der Waals surface area (Å²) in [6.45, 7) is 3.87. The third kappa shape index (κ3) is 4.18. The van der Waals surface area contributed by atoms with Crippen molar-refractivity contribution < 1.29 is 9.59 Å². The molecule has 3 heterocycles. The van der Waals surface area contributed by atoms with E-state index in [9.17, 15) is 9.59 Å². The molecule has 1 atom stereocenters. The van der Waals surface area contributed by atoms with E-state index in [1.54, 1.807) is 11.8 Å². The standard InChI is InChI=1S/C24H25N5O2S2/c1-15(30)28-8-10-29(11-9-28)23(31)21-13-19-20(33-21)7-6-16-14-25-24(27(2)22(16)19)26-17-4-3-5-18(32)12-17/h3-7,12-14,24,26,32H,8-11H2,1-2H3. The zero-order valence-corrected chi connectivity index (χ0v) is 20.2. The Kier molecular flexibility index (Phi) is 5.76. The second-order valence-corrected chi connectivity index (χ2v) is 9.88. The van der Waals surface area contributed by atoms with Gasteiger partial charge in [-0.2, -0.15) is 0 Å². The molecule has 2 aliphatic rings. The summed E-state index contributed by atoms with van der Waals surface area (Å²) in [5.74, 6) is 0.0881. The van der Waals surface area contributed by atoms with Gasteiger partial charge in [-0.05, 0) is 36.4 Å². The number of amides is 2. The lowest BCUT2D eigenvalue weighted by Gasteiger charge is -2.34. The summed E-state index contributed by atoms with van der Waals surface area (Å²) >= 11 is 5.94. The summed E-state index contributed by atoms with van der Waals surface area (Å²) in [7, 11) is 2.01. The third-order valence-corrected chi connectivity index (χ3v) is 7.51. The molecule has 5 rings (SSSR count). The van der Waals surface area contributed by atoms with Crippen molar-refractivity contribution in [1.29, 1.82) is 0 Å². The van der Waals surface area contributed by atoms with Crippen LogP contribution in [-0.4, -0.2) is 67.3 Å². The summed E-state index contributed by atoms with van der Waals surface area (Å²) in [5, 5.41) is 4.49. The second-order valence-electron chi connectivity index (χ2n) is 8.28. The Bertz CT molecular complexity index is 1260. The number of anilines is 2. The number of thiophene rings is 1. The van der Waals surface area contributed by atoms with Gasteiger partial charge in [0.15, 0.2) is 6.29 Å². The van der Waals surface area contributed by atoms with E-state index >= 15 is 0 Å². The summed E-state index contributed by atoms with van der Waals surface area (Å²) in [5.41, 5.74) is 3.02. The minimum Gasteiger partial charge on any atom is -0.347 e. The van der Waals surface area contributed by atoms with Gasteiger partial charge in [0, 0.05) is 72.6 Å². The molecule has 3 aromatic rings. The molecule has 1 aromatic heterocycles. The highest BCUT2D eigenvalue weighted by molar-refractivity contribution is 7.80. The van der Waals surface area contributed by atoms with E-state index < -0.39 is 0 Å². The third-order valence-electron chi connectivity index (χ3n) is 6.14. The van der Waals surface area contributed by atoms with Gasteiger partial charge < -0.3 is 20.0 Å². The highest BCUT2D eigenvalue weighted by Crippen LogP contribution is 2.38. The Morgan fingerprint density at radius 3 is 2.58 bits per heavy atom. The Morgan fingerprint density at radius 2 is 1.85 bits per heavy atom. The maximum absolute atomic E-state index is 13.2. The molecule has 2 aromatic carbocycles. The molecule has 0 bridgehead atoms. The fourth-order valence-corrected chi connectivity index (χ4v) is 5.61. The number of hydrogen-bond acceptors (Lipinski definition) is 7. The van der Waals surface area contributed by atoms with Crippen molar-refractivity contribution in [3.05, 3.63) is 52.9 Å². The Morgan fingerprint density at radius 1 is 1.09 bits per heavy atom. The topological polar surface area (TPSA) is 68.2 Å². The van der Waals surface area contributed by atoms with Crippen molar-refractivity contribution in [3.8, 4) is 0 Å². The van der Waals surface area contributed by atoms with Crippen molar-refractivity contribution in [3.63, 3.8) is 0 Å². The van der Waals surface area contributed by atoms with Gasteiger partial charge in [0.2, 0.25) is 5.91 Å². The number of fused-ring (bicyclic) bond motifs is 3. The number of hydrogen-bond donors (Lipinski definition) is 2. The molecule has 1 fully saturated rings. The molecule has 1 N–H and O–H groups in total. The van der Waals surface area contributed by atoms with E-state index in [0.29, 0.717) is 26.2 Å². The molecule has 0 radical (unpaired) electrons. The number of benzene rings is 2. The molecule has 2 amide bonds. The number of carbonyl (C=O) groups excluding carboxylic acids is 2. The van der Waals surface area contributed by atoms with Gasteiger partial charge in [0.1, 0.15) is 0 Å². The van der Waals surface area contributed by atoms with Crippen LogP contribution < -0.4 is 10.2 Å². The van der Waals surface area contributed by atoms with Crippen molar-refractivity contribution >= 4 is 63.5 Å². The predicted molar refractivity (Wildman–Crippen MR) is 137 cm³/mol. The van der Waals surface area contributed by atoms with Gasteiger partial charge in [-0.3, -0.25) is 9.59 Å². The van der Waals surface area contributed by atoms with Crippen molar-refractivity contribution in [2.45, 2.75) is 18.1 Å². The van der Waals surface area contributed by atoms with Crippen LogP contribution in [0.15, 0.2) is 52.4 Å². The average molecular weight is 480 g/mol. The summed E-state index contributed by atoms with van der Waals surface area (Å²) in [6, 6.07) is 14.0. The molecule has 9 heteroatoms. The number of thiol groups is 1. The zero-order valence-electron chi connectivity index (χ0n) is 18.5. The SMILES string of the molecule is CC(=O)N1CCN(C(=O)c2cc3c4c(ccc3s2)C=NC(Nc2cccc(S)c2)N4C)CC1. The van der Waals surface area contributed by atoms with Crippen LogP contribution in [-0.2, 0) is 4.79 Å². The molecule has 2 aliphatic heterocycles. The number of carbonyl (C=O) groups is 2. The largest absolute Gasteiger partial charge is 0.347 e. The van der Waals surface area contributed by atoms with Crippen LogP contribution in [0, 0.1) is 0 Å². The first-order chi connectivity index (χ1) is 15.9. The first-order valence-electron chi connectivity index (χ1n) is 10.8. The van der Waals surface area contributed by atoms with Crippen molar-refractivity contribution in [2.24, 2.45) is 4.99 Å². The average Bonchev–Trinajstić information content (AvgIpc) is 3.25. The van der Waals surface area contributed by atoms with E-state index in [-0.39, 0.29) is 18.1 Å². The number of piperazine rings is 1. The van der Waals surface area contributed by atoms with E-state index in [0.717, 1.165) is 36.8 Å². The first kappa shape index (κ1) is 21.8. The van der Waals surface area contributed by atoms with Crippen LogP contribution >= 0.6 is 24.0 Å². The van der Waals surface area contributed by atoms with E-state index in [4.69, 9.17) is 0 Å². The maximum Gasteiger partial charge on any atom is 0.264 e. The lowest BCUT2D eigenvalue weighted by Crippen LogP contribution is -2.49. The van der Waals surface area contributed by atoms with Gasteiger partial charge >= 0.3 is 0 Å². The van der Waals surface area contributed by atoms with Crippen LogP contribution in [0.3, 0.4) is 0 Å². The molecule has 33 heavy (non-hydrogen) atoms. The van der Waals surface area contributed by atoms with E-state index in [2.05, 4.69) is 40.0 Å². The summed E-state index contributed by atoms with van der Waals surface area (Å²) < 4.78 is 1.07. The van der Waals surface area contributed by atoms with Crippen LogP contribution in [0.25, 0.3) is 10.1 Å². The molecule has 170 valence electrons. The van der Waals surface area contributed by atoms with Gasteiger partial charge in [-0.25, -0.2) is 4.99 Å². The zero-order chi connectivity index (χ0) is 23.1. The molecular formula is C24H25N5O2S2. The van der Waals surface area contributed by atoms with Gasteiger partial charge in [0.05, 0.1) is 10.6 Å². The molecule has 1 unspecified atom stereocenters. The minimum absolute atomic E-state index is 0.0283. The first-order valence-corrected chi connectivity index (χ1v) is 12.1. The summed E-state index contributed by atoms with van der Waals surface area (Å²) in [6.07, 6.45) is 1.62. The molecule has 0 aliphatic carbocycles. The monoisotopic (exact) mass is 479 g/mol. The lowest BCUT2D eigenvalue weighted by molar-refractivity contribution is -0.130. The van der Waals surface area contributed by atoms with Crippen LogP contribution in [0.2, 0.25) is 0 Å². The van der Waals surface area contributed by atoms with Gasteiger partial charge in [-0.15, -0.1) is 24.0 Å². The van der Waals surface area contributed by atoms with Crippen LogP contribution in [0.1, 0.15) is 22.2 Å². The normalized spacial score (nSPS) is 17.9. The highest BCUT2D eigenvalue weighted by atomic mass is 32.1. The molecule has 0 saturated carbocycles. The fraction of sp³-hybridized carbons (Fsp3) is 0.292. The molecular weight excluding hydrogens is 454 g/mol. The summed E-state index contributed by atoms with van der Waals surface area (Å²) in [4.78, 5) is 36.8. The van der Waals surface area contributed by atoms with E-state index in [1.165, 1.54) is 11.3 Å². The van der Waals surface area contributed by atoms with Crippen molar-refractivity contribution in [2.75, 3.05) is 43.4 Å². The van der Waals surface area contributed by atoms with Gasteiger partial charge in [-0.1, -0.05) is 6.07 Å². The van der Waals surface area contributed by atoms with E-state index in [1.807, 2.05) is 48.5 Å². The maximum atomic E-state index is 13.2. The Labute approximate surface area is 202 Å². The van der Waals surface area contributed by atoms with Crippen LogP contribution in [0.4, 0.5) is 11.4 Å². The molecule has 1 saturated heterocycles. The molecule has 7 nitrogen and oxygen atoms in total. The number of nitrogens with one attached hydrogen (secondary N) is 1. The second kappa shape index (κ2) is 8.72. The Hall–Kier alpha value is -3.04. The fourth-order valence-electron chi connectivity index (χ4n) is 4.35. The number of nitrogens with zero attached hydrogens (tertiary/aromatic N) is 4. The highest BCUT2D eigenvalue weighted by Gasteiger charge is 2.27. The minimum atomic E-state index is -0.267. The van der Waals surface area contributed by atoms with Gasteiger partial charge in [0.25, 0.3) is 5.91 Å². The Balaban J connectivity index is 1.41. The van der Waals surface area contributed by atoms with Crippen LogP contribution in [0.5, 0.6) is 0 Å². The number of aliphatic imine (C=N–C) groups is 1. The lowest BCUT2D eigenvalue weighted by atomic mass is 10.1. The predicted octanol–water partition coefficient (Wildman–Crippen LogP) is 3.76. The molecule has 0 spiro atoms. The van der Waals surface area contributed by atoms with Crippen molar-refractivity contribution in [1.82, 2.24) is 9.80 Å². The number of rotatable bonds is 3. The smallest absolute Gasteiger partial charge is 0.264 e.